The van der Waals surface area contributed by atoms with Gasteiger partial charge < -0.3 is 19.7 Å². The van der Waals surface area contributed by atoms with E-state index < -0.39 is 0 Å². The molecular formula is C36H46N2O4S2. The smallest absolute Gasteiger partial charge is 0.117 e. The van der Waals surface area contributed by atoms with E-state index in [1.54, 1.807) is 29.4 Å². The highest BCUT2D eigenvalue weighted by Gasteiger charge is 2.17. The Morgan fingerprint density at radius 1 is 0.795 bits per heavy atom. The van der Waals surface area contributed by atoms with Gasteiger partial charge in [-0.1, -0.05) is 97.9 Å². The summed E-state index contributed by atoms with van der Waals surface area (Å²) in [4.78, 5) is 10.1. The van der Waals surface area contributed by atoms with Crippen molar-refractivity contribution in [2.75, 3.05) is 12.9 Å². The minimum absolute atomic E-state index is 0.00532. The number of hydrogen-bond donors (Lipinski definition) is 2. The second-order valence-electron chi connectivity index (χ2n) is 9.88. The van der Waals surface area contributed by atoms with Gasteiger partial charge in [0.1, 0.15) is 11.4 Å². The molecule has 8 heteroatoms. The molecular weight excluding hydrogens is 589 g/mol. The van der Waals surface area contributed by atoms with Crippen LogP contribution in [-0.2, 0) is 29.3 Å². The van der Waals surface area contributed by atoms with Crippen LogP contribution in [0.5, 0.6) is 0 Å². The molecule has 4 aromatic rings. The first-order chi connectivity index (χ1) is 21.4. The number of aliphatic hydroxyl groups is 2. The number of aromatic nitrogens is 2. The van der Waals surface area contributed by atoms with Gasteiger partial charge in [0.2, 0.25) is 0 Å². The lowest BCUT2D eigenvalue weighted by Gasteiger charge is -2.21. The molecule has 2 N–H and O–H groups in total. The Morgan fingerprint density at radius 3 is 1.77 bits per heavy atom. The van der Waals surface area contributed by atoms with Gasteiger partial charge in [-0.3, -0.25) is 0 Å². The van der Waals surface area contributed by atoms with Gasteiger partial charge in [-0.25, -0.2) is 9.97 Å². The minimum atomic E-state index is -0.0163. The lowest BCUT2D eigenvalue weighted by Crippen LogP contribution is -2.19. The highest BCUT2D eigenvalue weighted by atomic mass is 32.2. The fraction of sp³-hybridized carbons (Fsp3) is 0.333. The standard InChI is InChI=1S/C22H30N2O2S2.2C7H8O/c1-6-20(26-17(3)12-25-13-19-10-8-7-9-11-19)21-18(4)23-15-24-22(27-5)16(2)14-28-21;2*8-6-7-4-2-1-3-5-7/h7-11,14-15,17,20H,6,12-13H2,1-5H3;2*1-5,8H,6H2. The van der Waals surface area contributed by atoms with Gasteiger partial charge in [0.15, 0.2) is 0 Å². The van der Waals surface area contributed by atoms with Crippen LogP contribution in [0.2, 0.25) is 0 Å². The first-order valence-electron chi connectivity index (χ1n) is 14.7. The zero-order valence-electron chi connectivity index (χ0n) is 26.4. The van der Waals surface area contributed by atoms with E-state index in [4.69, 9.17) is 19.7 Å². The van der Waals surface area contributed by atoms with Gasteiger partial charge in [0.25, 0.3) is 0 Å². The Morgan fingerprint density at radius 2 is 1.32 bits per heavy atom. The Bertz CT molecular complexity index is 1320. The molecule has 4 rings (SSSR count). The Labute approximate surface area is 271 Å². The van der Waals surface area contributed by atoms with Crippen LogP contribution in [0, 0.1) is 13.8 Å². The predicted molar refractivity (Wildman–Crippen MR) is 183 cm³/mol. The highest BCUT2D eigenvalue weighted by molar-refractivity contribution is 7.98. The number of thioether (sulfide) groups is 1. The molecule has 0 spiro atoms. The molecule has 6 nitrogen and oxygen atoms in total. The quantitative estimate of drug-likeness (QED) is 0.160. The summed E-state index contributed by atoms with van der Waals surface area (Å²) in [7, 11) is 0. The van der Waals surface area contributed by atoms with Crippen molar-refractivity contribution in [3.8, 4) is 0 Å². The Balaban J connectivity index is 0.000000339. The predicted octanol–water partition coefficient (Wildman–Crippen LogP) is 8.43. The van der Waals surface area contributed by atoms with E-state index >= 15 is 0 Å². The number of aliphatic hydroxyl groups excluding tert-OH is 2. The number of hydrogen-bond acceptors (Lipinski definition) is 8. The second kappa shape index (κ2) is 22.4. The fourth-order valence-corrected chi connectivity index (χ4v) is 5.51. The summed E-state index contributed by atoms with van der Waals surface area (Å²) in [5.41, 5.74) is 5.20. The summed E-state index contributed by atoms with van der Waals surface area (Å²) in [5, 5.41) is 20.2. The van der Waals surface area contributed by atoms with Crippen LogP contribution in [0.4, 0.5) is 0 Å². The average Bonchev–Trinajstić information content (AvgIpc) is 3.14. The van der Waals surface area contributed by atoms with Gasteiger partial charge in [-0.15, -0.1) is 23.1 Å². The lowest BCUT2D eigenvalue weighted by molar-refractivity contribution is -0.0535. The van der Waals surface area contributed by atoms with E-state index in [1.807, 2.05) is 92.0 Å². The third-order valence-corrected chi connectivity index (χ3v) is 8.35. The molecule has 0 saturated heterocycles. The summed E-state index contributed by atoms with van der Waals surface area (Å²) in [5.74, 6) is 0. The Kier molecular flexibility index (Phi) is 18.9. The molecule has 0 aliphatic heterocycles. The van der Waals surface area contributed by atoms with E-state index in [9.17, 15) is 0 Å². The molecule has 0 saturated carbocycles. The van der Waals surface area contributed by atoms with Crippen LogP contribution in [0.3, 0.4) is 0 Å². The molecule has 44 heavy (non-hydrogen) atoms. The molecule has 0 bridgehead atoms. The van der Waals surface area contributed by atoms with Crippen molar-refractivity contribution in [2.45, 2.75) is 71.2 Å². The molecule has 1 aromatic heterocycles. The van der Waals surface area contributed by atoms with Crippen LogP contribution in [0.15, 0.2) is 108 Å². The van der Waals surface area contributed by atoms with Crippen LogP contribution in [0.1, 0.15) is 59.2 Å². The monoisotopic (exact) mass is 634 g/mol. The van der Waals surface area contributed by atoms with Gasteiger partial charge in [0, 0.05) is 0 Å². The van der Waals surface area contributed by atoms with Crippen molar-refractivity contribution in [3.63, 3.8) is 0 Å². The minimum Gasteiger partial charge on any atom is -0.392 e. The molecule has 1 heterocycles. The van der Waals surface area contributed by atoms with E-state index in [0.29, 0.717) is 13.2 Å². The van der Waals surface area contributed by atoms with Crippen LogP contribution >= 0.6 is 23.1 Å². The molecule has 2 unspecified atom stereocenters. The zero-order valence-corrected chi connectivity index (χ0v) is 28.1. The molecule has 2 atom stereocenters. The van der Waals surface area contributed by atoms with Gasteiger partial charge in [0.05, 0.1) is 49.2 Å². The molecule has 0 radical (unpaired) electrons. The van der Waals surface area contributed by atoms with E-state index in [-0.39, 0.29) is 25.4 Å². The van der Waals surface area contributed by atoms with Crippen molar-refractivity contribution in [2.24, 2.45) is 0 Å². The first kappa shape index (κ1) is 37.1. The highest BCUT2D eigenvalue weighted by Crippen LogP contribution is 2.28. The van der Waals surface area contributed by atoms with E-state index in [1.165, 1.54) is 5.56 Å². The first-order valence-corrected chi connectivity index (χ1v) is 16.8. The topological polar surface area (TPSA) is 84.7 Å². The normalized spacial score (nSPS) is 11.6. The molecule has 0 aliphatic rings. The van der Waals surface area contributed by atoms with Crippen molar-refractivity contribution < 1.29 is 19.7 Å². The zero-order chi connectivity index (χ0) is 32.0. The van der Waals surface area contributed by atoms with Crippen molar-refractivity contribution >= 4 is 23.1 Å². The van der Waals surface area contributed by atoms with Crippen LogP contribution in [-0.4, -0.2) is 39.1 Å². The van der Waals surface area contributed by atoms with Crippen molar-refractivity contribution in [3.05, 3.63) is 136 Å². The maximum Gasteiger partial charge on any atom is 0.117 e. The number of nitrogens with zero attached hydrogens (tertiary/aromatic N) is 2. The van der Waals surface area contributed by atoms with Crippen molar-refractivity contribution in [1.29, 1.82) is 0 Å². The number of rotatable bonds is 11. The third kappa shape index (κ3) is 14.6. The number of aryl methyl sites for hydroxylation is 2. The molecule has 0 aliphatic carbocycles. The largest absolute Gasteiger partial charge is 0.392 e. The average molecular weight is 635 g/mol. The maximum atomic E-state index is 8.54. The summed E-state index contributed by atoms with van der Waals surface area (Å²) in [6.07, 6.45) is 4.53. The molecule has 3 aromatic carbocycles. The summed E-state index contributed by atoms with van der Waals surface area (Å²) >= 11 is 3.32. The van der Waals surface area contributed by atoms with Crippen LogP contribution < -0.4 is 0 Å². The second-order valence-corrected chi connectivity index (χ2v) is 11.6. The number of ether oxygens (including phenoxy) is 2. The Hall–Kier alpha value is -3.11. The molecule has 0 amide bonds. The van der Waals surface area contributed by atoms with Gasteiger partial charge >= 0.3 is 0 Å². The SMILES string of the molecule is CCC(OC(C)COCc1ccccc1)c1scc(C)c(SC)ncnc1C.OCc1ccccc1.OCc1ccccc1. The van der Waals surface area contributed by atoms with Crippen molar-refractivity contribution in [1.82, 2.24) is 9.97 Å². The van der Waals surface area contributed by atoms with E-state index in [0.717, 1.165) is 38.7 Å². The third-order valence-electron chi connectivity index (χ3n) is 6.25. The van der Waals surface area contributed by atoms with Gasteiger partial charge in [-0.05, 0) is 61.1 Å². The maximum absolute atomic E-state index is 8.54. The lowest BCUT2D eigenvalue weighted by atomic mass is 10.2. The number of benzene rings is 3. The molecule has 236 valence electrons. The molecule has 0 fully saturated rings. The summed E-state index contributed by atoms with van der Waals surface area (Å²) in [6, 6.07) is 29.3. The summed E-state index contributed by atoms with van der Waals surface area (Å²) < 4.78 is 12.2. The van der Waals surface area contributed by atoms with Gasteiger partial charge in [-0.2, -0.15) is 0 Å². The summed E-state index contributed by atoms with van der Waals surface area (Å²) in [6.45, 7) is 9.73. The van der Waals surface area contributed by atoms with E-state index in [2.05, 4.69) is 48.3 Å². The fourth-order valence-electron chi connectivity index (χ4n) is 3.89. The van der Waals surface area contributed by atoms with Crippen LogP contribution in [0.25, 0.3) is 0 Å².